The molecule has 1 fully saturated rings. The zero-order chi connectivity index (χ0) is 18.5. The summed E-state index contributed by atoms with van der Waals surface area (Å²) in [5.41, 5.74) is 4.90. The second-order valence-electron chi connectivity index (χ2n) is 7.40. The minimum atomic E-state index is -0.201. The van der Waals surface area contributed by atoms with E-state index in [4.69, 9.17) is 0 Å². The van der Waals surface area contributed by atoms with Crippen LogP contribution in [-0.2, 0) is 11.3 Å². The molecule has 3 rings (SSSR count). The standard InChI is InChI=1S/C22H29N3O/c1-17-9-10-21(15-18(17)2)23-19(3)22(26)25-13-11-24(12-14-25)16-20-7-5-4-6-8-20/h4-10,15,19,23H,11-14,16H2,1-3H3/p+1/t19-/m1/s1. The summed E-state index contributed by atoms with van der Waals surface area (Å²) >= 11 is 0. The number of amides is 1. The van der Waals surface area contributed by atoms with Gasteiger partial charge in [0.2, 0.25) is 5.91 Å². The van der Waals surface area contributed by atoms with Crippen molar-refractivity contribution in [1.29, 1.82) is 0 Å². The smallest absolute Gasteiger partial charge is 0.245 e. The van der Waals surface area contributed by atoms with Crippen LogP contribution in [0.4, 0.5) is 5.69 Å². The molecule has 1 amide bonds. The summed E-state index contributed by atoms with van der Waals surface area (Å²) in [4.78, 5) is 16.3. The summed E-state index contributed by atoms with van der Waals surface area (Å²) in [5.74, 6) is 0.196. The van der Waals surface area contributed by atoms with Gasteiger partial charge in [0.15, 0.2) is 0 Å². The van der Waals surface area contributed by atoms with E-state index in [0.717, 1.165) is 38.4 Å². The molecule has 1 saturated heterocycles. The summed E-state index contributed by atoms with van der Waals surface area (Å²) in [6.45, 7) is 10.9. The number of rotatable bonds is 5. The van der Waals surface area contributed by atoms with Gasteiger partial charge in [-0.1, -0.05) is 36.4 Å². The molecule has 0 aliphatic carbocycles. The summed E-state index contributed by atoms with van der Waals surface area (Å²) in [6, 6.07) is 16.7. The van der Waals surface area contributed by atoms with Crippen LogP contribution in [0.3, 0.4) is 0 Å². The highest BCUT2D eigenvalue weighted by Crippen LogP contribution is 2.15. The van der Waals surface area contributed by atoms with Crippen LogP contribution < -0.4 is 10.2 Å². The molecule has 4 heteroatoms. The molecule has 4 nitrogen and oxygen atoms in total. The van der Waals surface area contributed by atoms with E-state index in [1.54, 1.807) is 4.90 Å². The topological polar surface area (TPSA) is 36.8 Å². The number of carbonyl (C=O) groups is 1. The second-order valence-corrected chi connectivity index (χ2v) is 7.40. The largest absolute Gasteiger partial charge is 0.374 e. The molecule has 0 spiro atoms. The van der Waals surface area contributed by atoms with Crippen LogP contribution >= 0.6 is 0 Å². The maximum atomic E-state index is 12.8. The average molecular weight is 353 g/mol. The van der Waals surface area contributed by atoms with E-state index in [0.29, 0.717) is 0 Å². The van der Waals surface area contributed by atoms with Crippen LogP contribution in [-0.4, -0.2) is 43.0 Å². The fourth-order valence-corrected chi connectivity index (χ4v) is 3.52. The van der Waals surface area contributed by atoms with Gasteiger partial charge in [-0.15, -0.1) is 0 Å². The van der Waals surface area contributed by atoms with E-state index in [1.165, 1.54) is 16.7 Å². The van der Waals surface area contributed by atoms with Gasteiger partial charge >= 0.3 is 0 Å². The molecule has 0 bridgehead atoms. The normalized spacial score (nSPS) is 16.3. The fourth-order valence-electron chi connectivity index (χ4n) is 3.52. The predicted octanol–water partition coefficient (Wildman–Crippen LogP) is 2.03. The molecule has 0 saturated carbocycles. The Morgan fingerprint density at radius 3 is 2.42 bits per heavy atom. The van der Waals surface area contributed by atoms with Crippen LogP contribution in [0.5, 0.6) is 0 Å². The predicted molar refractivity (Wildman–Crippen MR) is 106 cm³/mol. The van der Waals surface area contributed by atoms with Crippen LogP contribution in [0.15, 0.2) is 48.5 Å². The summed E-state index contributed by atoms with van der Waals surface area (Å²) < 4.78 is 0. The van der Waals surface area contributed by atoms with E-state index in [1.807, 2.05) is 17.9 Å². The van der Waals surface area contributed by atoms with E-state index in [-0.39, 0.29) is 11.9 Å². The lowest BCUT2D eigenvalue weighted by Crippen LogP contribution is -3.13. The van der Waals surface area contributed by atoms with Gasteiger partial charge in [-0.25, -0.2) is 0 Å². The number of hydrogen-bond donors (Lipinski definition) is 2. The zero-order valence-electron chi connectivity index (χ0n) is 16.1. The Morgan fingerprint density at radius 2 is 1.77 bits per heavy atom. The molecule has 1 aliphatic rings. The number of aryl methyl sites for hydroxylation is 2. The van der Waals surface area contributed by atoms with Crippen molar-refractivity contribution in [3.63, 3.8) is 0 Å². The lowest BCUT2D eigenvalue weighted by Gasteiger charge is -2.34. The summed E-state index contributed by atoms with van der Waals surface area (Å²) in [6.07, 6.45) is 0. The van der Waals surface area contributed by atoms with Crippen molar-refractivity contribution in [2.45, 2.75) is 33.4 Å². The molecular formula is C22H30N3O+. The first kappa shape index (κ1) is 18.5. The molecule has 0 radical (unpaired) electrons. The highest BCUT2D eigenvalue weighted by atomic mass is 16.2. The summed E-state index contributed by atoms with van der Waals surface area (Å²) in [5, 5.41) is 3.36. The SMILES string of the molecule is Cc1ccc(N[C@H](C)C(=O)N2CC[NH+](Cc3ccccc3)CC2)cc1C. The third kappa shape index (κ3) is 4.64. The number of carbonyl (C=O) groups excluding carboxylic acids is 1. The van der Waals surface area contributed by atoms with Gasteiger partial charge < -0.3 is 15.1 Å². The van der Waals surface area contributed by atoms with Crippen molar-refractivity contribution in [3.8, 4) is 0 Å². The van der Waals surface area contributed by atoms with E-state index < -0.39 is 0 Å². The van der Waals surface area contributed by atoms with Gasteiger partial charge in [0.25, 0.3) is 0 Å². The minimum absolute atomic E-state index is 0.196. The fraction of sp³-hybridized carbons (Fsp3) is 0.409. The van der Waals surface area contributed by atoms with Crippen molar-refractivity contribution in [3.05, 3.63) is 65.2 Å². The molecule has 0 unspecified atom stereocenters. The van der Waals surface area contributed by atoms with Gasteiger partial charge in [-0.2, -0.15) is 0 Å². The first-order valence-electron chi connectivity index (χ1n) is 9.53. The van der Waals surface area contributed by atoms with Crippen molar-refractivity contribution in [1.82, 2.24) is 4.90 Å². The van der Waals surface area contributed by atoms with E-state index >= 15 is 0 Å². The van der Waals surface area contributed by atoms with Gasteiger partial charge in [0.05, 0.1) is 26.2 Å². The Hall–Kier alpha value is -2.33. The Bertz CT molecular complexity index is 736. The van der Waals surface area contributed by atoms with Gasteiger partial charge in [-0.05, 0) is 44.0 Å². The number of anilines is 1. The van der Waals surface area contributed by atoms with Crippen molar-refractivity contribution in [2.75, 3.05) is 31.5 Å². The van der Waals surface area contributed by atoms with Crippen molar-refractivity contribution < 1.29 is 9.69 Å². The van der Waals surface area contributed by atoms with Crippen LogP contribution in [0.25, 0.3) is 0 Å². The molecule has 2 N–H and O–H groups in total. The maximum Gasteiger partial charge on any atom is 0.245 e. The Kier molecular flexibility index (Phi) is 5.94. The monoisotopic (exact) mass is 352 g/mol. The highest BCUT2D eigenvalue weighted by Gasteiger charge is 2.26. The van der Waals surface area contributed by atoms with Crippen LogP contribution in [0.1, 0.15) is 23.6 Å². The van der Waals surface area contributed by atoms with Crippen LogP contribution in [0, 0.1) is 13.8 Å². The molecule has 1 aliphatic heterocycles. The molecule has 1 heterocycles. The quantitative estimate of drug-likeness (QED) is 0.864. The Balaban J connectivity index is 1.50. The third-order valence-corrected chi connectivity index (χ3v) is 5.34. The molecule has 2 aromatic carbocycles. The lowest BCUT2D eigenvalue weighted by atomic mass is 10.1. The van der Waals surface area contributed by atoms with Gasteiger partial charge in [0, 0.05) is 11.3 Å². The zero-order valence-corrected chi connectivity index (χ0v) is 16.1. The average Bonchev–Trinajstić information content (AvgIpc) is 2.65. The van der Waals surface area contributed by atoms with Crippen molar-refractivity contribution >= 4 is 11.6 Å². The Morgan fingerprint density at radius 1 is 1.08 bits per heavy atom. The van der Waals surface area contributed by atoms with Crippen molar-refractivity contribution in [2.24, 2.45) is 0 Å². The Labute approximate surface area is 156 Å². The minimum Gasteiger partial charge on any atom is -0.374 e. The number of hydrogen-bond acceptors (Lipinski definition) is 2. The molecule has 1 atom stereocenters. The lowest BCUT2D eigenvalue weighted by molar-refractivity contribution is -0.917. The first-order valence-corrected chi connectivity index (χ1v) is 9.53. The number of benzene rings is 2. The highest BCUT2D eigenvalue weighted by molar-refractivity contribution is 5.84. The molecular weight excluding hydrogens is 322 g/mol. The molecule has 2 aromatic rings. The molecule has 0 aromatic heterocycles. The van der Waals surface area contributed by atoms with Gasteiger partial charge in [-0.3, -0.25) is 4.79 Å². The first-order chi connectivity index (χ1) is 12.5. The maximum absolute atomic E-state index is 12.8. The van der Waals surface area contributed by atoms with E-state index in [9.17, 15) is 4.79 Å². The van der Waals surface area contributed by atoms with Gasteiger partial charge in [0.1, 0.15) is 12.6 Å². The number of nitrogens with zero attached hydrogens (tertiary/aromatic N) is 1. The molecule has 138 valence electrons. The van der Waals surface area contributed by atoms with E-state index in [2.05, 4.69) is 61.6 Å². The molecule has 26 heavy (non-hydrogen) atoms. The number of nitrogens with one attached hydrogen (secondary N) is 2. The second kappa shape index (κ2) is 8.37. The number of piperazine rings is 1. The third-order valence-electron chi connectivity index (χ3n) is 5.34. The number of quaternary nitrogens is 1. The summed E-state index contributed by atoms with van der Waals surface area (Å²) in [7, 11) is 0. The van der Waals surface area contributed by atoms with Crippen LogP contribution in [0.2, 0.25) is 0 Å².